The van der Waals surface area contributed by atoms with Crippen molar-refractivity contribution in [3.8, 4) is 5.88 Å². The third-order valence-electron chi connectivity index (χ3n) is 2.30. The van der Waals surface area contributed by atoms with Crippen LogP contribution >= 0.6 is 11.3 Å². The van der Waals surface area contributed by atoms with Gasteiger partial charge in [-0.05, 0) is 13.8 Å². The highest BCUT2D eigenvalue weighted by molar-refractivity contribution is 7.09. The molecule has 6 nitrogen and oxygen atoms in total. The normalized spacial score (nSPS) is 12.1. The second kappa shape index (κ2) is 5.63. The number of nitrogens with zero attached hydrogens (tertiary/aromatic N) is 3. The van der Waals surface area contributed by atoms with Gasteiger partial charge >= 0.3 is 0 Å². The van der Waals surface area contributed by atoms with Crippen LogP contribution in [0.5, 0.6) is 5.88 Å². The Morgan fingerprint density at radius 3 is 2.94 bits per heavy atom. The summed E-state index contributed by atoms with van der Waals surface area (Å²) in [7, 11) is 0. The van der Waals surface area contributed by atoms with Crippen LogP contribution in [0.3, 0.4) is 0 Å². The lowest BCUT2D eigenvalue weighted by atomic mass is 10.3. The van der Waals surface area contributed by atoms with Crippen molar-refractivity contribution in [1.82, 2.24) is 15.0 Å². The van der Waals surface area contributed by atoms with Gasteiger partial charge in [0.1, 0.15) is 17.0 Å². The molecule has 0 amide bonds. The summed E-state index contributed by atoms with van der Waals surface area (Å²) in [5, 5.41) is 6.11. The Balaban J connectivity index is 2.16. The molecule has 0 radical (unpaired) electrons. The van der Waals surface area contributed by atoms with Crippen molar-refractivity contribution in [2.24, 2.45) is 0 Å². The predicted octanol–water partition coefficient (Wildman–Crippen LogP) is 2.09. The maximum Gasteiger partial charge on any atom is 0.242 e. The van der Waals surface area contributed by atoms with Gasteiger partial charge < -0.3 is 15.8 Å². The largest absolute Gasteiger partial charge is 0.476 e. The molecule has 0 saturated heterocycles. The first-order valence-electron chi connectivity index (χ1n) is 5.61. The zero-order valence-electron chi connectivity index (χ0n) is 10.3. The van der Waals surface area contributed by atoms with E-state index in [2.05, 4.69) is 20.3 Å². The first-order chi connectivity index (χ1) is 8.72. The third-order valence-corrected chi connectivity index (χ3v) is 3.26. The standard InChI is InChI=1S/C11H15N5OS/c1-3-17-10-8(12)9(14-6-15-10)16-7(2)11-13-4-5-18-11/h4-7H,3,12H2,1-2H3,(H,14,15,16). The summed E-state index contributed by atoms with van der Waals surface area (Å²) in [5.74, 6) is 0.970. The number of rotatable bonds is 5. The predicted molar refractivity (Wildman–Crippen MR) is 71.8 cm³/mol. The lowest BCUT2D eigenvalue weighted by Crippen LogP contribution is -2.11. The number of hydrogen-bond acceptors (Lipinski definition) is 7. The monoisotopic (exact) mass is 265 g/mol. The molecule has 0 aromatic carbocycles. The molecule has 18 heavy (non-hydrogen) atoms. The van der Waals surface area contributed by atoms with E-state index in [4.69, 9.17) is 10.5 Å². The Morgan fingerprint density at radius 2 is 2.28 bits per heavy atom. The molecule has 3 N–H and O–H groups in total. The zero-order chi connectivity index (χ0) is 13.0. The first-order valence-corrected chi connectivity index (χ1v) is 6.49. The average molecular weight is 265 g/mol. The van der Waals surface area contributed by atoms with Crippen LogP contribution in [0.15, 0.2) is 17.9 Å². The molecular weight excluding hydrogens is 250 g/mol. The van der Waals surface area contributed by atoms with Gasteiger partial charge in [-0.3, -0.25) is 0 Å². The molecule has 0 aliphatic rings. The number of anilines is 2. The molecule has 0 aliphatic carbocycles. The Kier molecular flexibility index (Phi) is 3.93. The third kappa shape index (κ3) is 2.67. The van der Waals surface area contributed by atoms with Crippen LogP contribution < -0.4 is 15.8 Å². The van der Waals surface area contributed by atoms with Crippen LogP contribution in [0, 0.1) is 0 Å². The van der Waals surface area contributed by atoms with E-state index in [1.165, 1.54) is 6.33 Å². The maximum atomic E-state index is 5.94. The second-order valence-corrected chi connectivity index (χ2v) is 4.54. The first kappa shape index (κ1) is 12.6. The Labute approximate surface area is 109 Å². The number of nitrogens with one attached hydrogen (secondary N) is 1. The fourth-order valence-corrected chi connectivity index (χ4v) is 2.11. The van der Waals surface area contributed by atoms with Gasteiger partial charge in [0.05, 0.1) is 12.6 Å². The van der Waals surface area contributed by atoms with Crippen molar-refractivity contribution in [3.05, 3.63) is 22.9 Å². The van der Waals surface area contributed by atoms with Gasteiger partial charge in [-0.2, -0.15) is 4.98 Å². The second-order valence-electron chi connectivity index (χ2n) is 3.61. The van der Waals surface area contributed by atoms with E-state index in [1.807, 2.05) is 19.2 Å². The van der Waals surface area contributed by atoms with Crippen molar-refractivity contribution in [2.45, 2.75) is 19.9 Å². The molecule has 2 rings (SSSR count). The van der Waals surface area contributed by atoms with Crippen LogP contribution in [0.1, 0.15) is 24.9 Å². The van der Waals surface area contributed by atoms with Crippen molar-refractivity contribution in [2.75, 3.05) is 17.7 Å². The summed E-state index contributed by atoms with van der Waals surface area (Å²) >= 11 is 1.58. The molecule has 0 aliphatic heterocycles. The minimum atomic E-state index is 0.0386. The van der Waals surface area contributed by atoms with E-state index in [1.54, 1.807) is 17.5 Å². The molecule has 0 spiro atoms. The number of aromatic nitrogens is 3. The highest BCUT2D eigenvalue weighted by atomic mass is 32.1. The molecule has 2 heterocycles. The average Bonchev–Trinajstić information content (AvgIpc) is 2.88. The maximum absolute atomic E-state index is 5.94. The summed E-state index contributed by atoms with van der Waals surface area (Å²) in [6.45, 7) is 4.40. The summed E-state index contributed by atoms with van der Waals surface area (Å²) in [6.07, 6.45) is 3.20. The van der Waals surface area contributed by atoms with Gasteiger partial charge in [0.2, 0.25) is 5.88 Å². The molecule has 2 aromatic heterocycles. The van der Waals surface area contributed by atoms with Crippen LogP contribution in [0.25, 0.3) is 0 Å². The number of nitrogens with two attached hydrogens (primary N) is 1. The molecular formula is C11H15N5OS. The molecule has 96 valence electrons. The van der Waals surface area contributed by atoms with Crippen LogP contribution in [0.4, 0.5) is 11.5 Å². The van der Waals surface area contributed by atoms with Crippen molar-refractivity contribution in [3.63, 3.8) is 0 Å². The molecule has 1 unspecified atom stereocenters. The van der Waals surface area contributed by atoms with Crippen LogP contribution in [-0.4, -0.2) is 21.6 Å². The van der Waals surface area contributed by atoms with Gasteiger partial charge in [-0.25, -0.2) is 9.97 Å². The minimum absolute atomic E-state index is 0.0386. The fourth-order valence-electron chi connectivity index (χ4n) is 1.46. The van der Waals surface area contributed by atoms with E-state index in [0.717, 1.165) is 5.01 Å². The molecule has 0 fully saturated rings. The molecule has 2 aromatic rings. The number of ether oxygens (including phenoxy) is 1. The van der Waals surface area contributed by atoms with Gasteiger partial charge in [0.25, 0.3) is 0 Å². The fraction of sp³-hybridized carbons (Fsp3) is 0.364. The Bertz CT molecular complexity index is 502. The summed E-state index contributed by atoms with van der Waals surface area (Å²) in [6, 6.07) is 0.0386. The number of thiazole rings is 1. The Morgan fingerprint density at radius 1 is 1.44 bits per heavy atom. The Hall–Kier alpha value is -1.89. The van der Waals surface area contributed by atoms with Crippen molar-refractivity contribution < 1.29 is 4.74 Å². The SMILES string of the molecule is CCOc1ncnc(NC(C)c2nccs2)c1N. The van der Waals surface area contributed by atoms with E-state index in [9.17, 15) is 0 Å². The van der Waals surface area contributed by atoms with Crippen molar-refractivity contribution >= 4 is 22.8 Å². The quantitative estimate of drug-likeness (QED) is 0.861. The topological polar surface area (TPSA) is 86.0 Å². The van der Waals surface area contributed by atoms with Gasteiger partial charge in [-0.1, -0.05) is 0 Å². The summed E-state index contributed by atoms with van der Waals surface area (Å²) in [4.78, 5) is 12.3. The number of nitrogen functional groups attached to an aromatic ring is 1. The number of hydrogen-bond donors (Lipinski definition) is 2. The van der Waals surface area contributed by atoms with E-state index in [-0.39, 0.29) is 6.04 Å². The van der Waals surface area contributed by atoms with Crippen molar-refractivity contribution in [1.29, 1.82) is 0 Å². The highest BCUT2D eigenvalue weighted by Gasteiger charge is 2.13. The smallest absolute Gasteiger partial charge is 0.242 e. The van der Waals surface area contributed by atoms with Gasteiger partial charge in [0, 0.05) is 11.6 Å². The lowest BCUT2D eigenvalue weighted by molar-refractivity contribution is 0.328. The minimum Gasteiger partial charge on any atom is -0.476 e. The van der Waals surface area contributed by atoms with E-state index in [0.29, 0.717) is 24.0 Å². The molecule has 0 bridgehead atoms. The van der Waals surface area contributed by atoms with E-state index < -0.39 is 0 Å². The van der Waals surface area contributed by atoms with E-state index >= 15 is 0 Å². The molecule has 7 heteroatoms. The van der Waals surface area contributed by atoms with Gasteiger partial charge in [0.15, 0.2) is 5.82 Å². The van der Waals surface area contributed by atoms with Crippen LogP contribution in [-0.2, 0) is 0 Å². The van der Waals surface area contributed by atoms with Gasteiger partial charge in [-0.15, -0.1) is 11.3 Å². The zero-order valence-corrected chi connectivity index (χ0v) is 11.1. The summed E-state index contributed by atoms with van der Waals surface area (Å²) in [5.41, 5.74) is 6.36. The molecule has 1 atom stereocenters. The lowest BCUT2D eigenvalue weighted by Gasteiger charge is -2.14. The molecule has 0 saturated carbocycles. The highest BCUT2D eigenvalue weighted by Crippen LogP contribution is 2.28. The summed E-state index contributed by atoms with van der Waals surface area (Å²) < 4.78 is 5.32. The van der Waals surface area contributed by atoms with Crippen LogP contribution in [0.2, 0.25) is 0 Å².